The standard InChI is InChI=1S/C26H23FN4O3S/c1-2-16-31-24(17-33-22-14-8-6-12-20(22)27)29-30-26(31)35-18-25(32)28-21-13-7-9-15-23(21)34-19-10-4-3-5-11-19/h2-15H,1,16-18H2,(H,28,32). The first kappa shape index (κ1) is 24.0. The van der Waals surface area contributed by atoms with E-state index in [0.717, 1.165) is 0 Å². The molecule has 0 bridgehead atoms. The van der Waals surface area contributed by atoms with Gasteiger partial charge in [-0.3, -0.25) is 9.36 Å². The molecule has 0 fully saturated rings. The molecule has 1 aromatic heterocycles. The molecule has 1 amide bonds. The molecular formula is C26H23FN4O3S. The molecule has 0 aliphatic rings. The third-order valence-corrected chi connectivity index (χ3v) is 5.73. The number of para-hydroxylation sites is 4. The summed E-state index contributed by atoms with van der Waals surface area (Å²) in [5.74, 6) is 1.26. The molecule has 0 saturated heterocycles. The largest absolute Gasteiger partial charge is 0.483 e. The van der Waals surface area contributed by atoms with Gasteiger partial charge in [-0.25, -0.2) is 4.39 Å². The first-order valence-electron chi connectivity index (χ1n) is 10.8. The number of nitrogens with one attached hydrogen (secondary N) is 1. The van der Waals surface area contributed by atoms with Gasteiger partial charge >= 0.3 is 0 Å². The Balaban J connectivity index is 1.38. The van der Waals surface area contributed by atoms with E-state index >= 15 is 0 Å². The lowest BCUT2D eigenvalue weighted by molar-refractivity contribution is -0.113. The van der Waals surface area contributed by atoms with Crippen molar-refractivity contribution in [3.8, 4) is 17.2 Å². The molecule has 0 aliphatic carbocycles. The van der Waals surface area contributed by atoms with E-state index < -0.39 is 5.82 Å². The molecule has 0 spiro atoms. The van der Waals surface area contributed by atoms with Gasteiger partial charge in [-0.05, 0) is 36.4 Å². The van der Waals surface area contributed by atoms with Crippen LogP contribution in [0.2, 0.25) is 0 Å². The van der Waals surface area contributed by atoms with Crippen molar-refractivity contribution >= 4 is 23.4 Å². The van der Waals surface area contributed by atoms with E-state index in [1.807, 2.05) is 42.5 Å². The predicted molar refractivity (Wildman–Crippen MR) is 133 cm³/mol. The van der Waals surface area contributed by atoms with Crippen LogP contribution in [0.4, 0.5) is 10.1 Å². The van der Waals surface area contributed by atoms with Crippen LogP contribution in [0.3, 0.4) is 0 Å². The Bertz CT molecular complexity index is 1300. The molecule has 35 heavy (non-hydrogen) atoms. The molecule has 1 N–H and O–H groups in total. The van der Waals surface area contributed by atoms with Crippen LogP contribution in [0.25, 0.3) is 0 Å². The smallest absolute Gasteiger partial charge is 0.234 e. The Morgan fingerprint density at radius 3 is 2.49 bits per heavy atom. The van der Waals surface area contributed by atoms with Gasteiger partial charge in [0.25, 0.3) is 0 Å². The monoisotopic (exact) mass is 490 g/mol. The van der Waals surface area contributed by atoms with E-state index in [4.69, 9.17) is 9.47 Å². The van der Waals surface area contributed by atoms with Gasteiger partial charge in [-0.15, -0.1) is 16.8 Å². The number of ether oxygens (including phenoxy) is 2. The number of allylic oxidation sites excluding steroid dienone is 1. The third kappa shape index (κ3) is 6.48. The second-order valence-electron chi connectivity index (χ2n) is 7.27. The molecule has 1 heterocycles. The van der Waals surface area contributed by atoms with Crippen molar-refractivity contribution in [3.05, 3.63) is 103 Å². The summed E-state index contributed by atoms with van der Waals surface area (Å²) in [7, 11) is 0. The molecule has 0 atom stereocenters. The van der Waals surface area contributed by atoms with Gasteiger partial charge in [0, 0.05) is 6.54 Å². The molecule has 0 aliphatic heterocycles. The topological polar surface area (TPSA) is 78.3 Å². The van der Waals surface area contributed by atoms with Gasteiger partial charge < -0.3 is 14.8 Å². The van der Waals surface area contributed by atoms with Crippen molar-refractivity contribution in [3.63, 3.8) is 0 Å². The van der Waals surface area contributed by atoms with E-state index in [-0.39, 0.29) is 24.0 Å². The van der Waals surface area contributed by atoms with Gasteiger partial charge in [0.2, 0.25) is 5.91 Å². The number of anilines is 1. The van der Waals surface area contributed by atoms with E-state index in [9.17, 15) is 9.18 Å². The summed E-state index contributed by atoms with van der Waals surface area (Å²) in [6, 6.07) is 22.7. The second kappa shape index (κ2) is 11.8. The van der Waals surface area contributed by atoms with E-state index in [1.165, 1.54) is 17.8 Å². The summed E-state index contributed by atoms with van der Waals surface area (Å²) in [4.78, 5) is 12.7. The van der Waals surface area contributed by atoms with Crippen LogP contribution in [-0.2, 0) is 17.9 Å². The highest BCUT2D eigenvalue weighted by molar-refractivity contribution is 7.99. The van der Waals surface area contributed by atoms with Gasteiger partial charge in [0.15, 0.2) is 28.3 Å². The Morgan fingerprint density at radius 1 is 1.00 bits per heavy atom. The van der Waals surface area contributed by atoms with Crippen LogP contribution < -0.4 is 14.8 Å². The van der Waals surface area contributed by atoms with Crippen LogP contribution in [0.15, 0.2) is 96.7 Å². The van der Waals surface area contributed by atoms with Crippen LogP contribution in [0.1, 0.15) is 5.82 Å². The Labute approximate surface area is 206 Å². The maximum atomic E-state index is 13.8. The van der Waals surface area contributed by atoms with Crippen LogP contribution in [0.5, 0.6) is 17.2 Å². The highest BCUT2D eigenvalue weighted by Crippen LogP contribution is 2.29. The SMILES string of the molecule is C=CCn1c(COc2ccccc2F)nnc1SCC(=O)Nc1ccccc1Oc1ccccc1. The Kier molecular flexibility index (Phi) is 8.13. The zero-order valence-corrected chi connectivity index (χ0v) is 19.6. The highest BCUT2D eigenvalue weighted by atomic mass is 32.2. The minimum atomic E-state index is -0.454. The summed E-state index contributed by atoms with van der Waals surface area (Å²) >= 11 is 1.23. The summed E-state index contributed by atoms with van der Waals surface area (Å²) in [5.41, 5.74) is 0.563. The molecule has 7 nitrogen and oxygen atoms in total. The lowest BCUT2D eigenvalue weighted by atomic mass is 10.3. The van der Waals surface area contributed by atoms with E-state index in [1.54, 1.807) is 41.0 Å². The molecule has 0 radical (unpaired) electrons. The number of nitrogens with zero attached hydrogens (tertiary/aromatic N) is 3. The number of carbonyl (C=O) groups excluding carboxylic acids is 1. The van der Waals surface area contributed by atoms with Crippen molar-refractivity contribution < 1.29 is 18.7 Å². The van der Waals surface area contributed by atoms with Crippen molar-refractivity contribution in [2.75, 3.05) is 11.1 Å². The van der Waals surface area contributed by atoms with Crippen molar-refractivity contribution in [1.82, 2.24) is 14.8 Å². The first-order valence-corrected chi connectivity index (χ1v) is 11.8. The first-order chi connectivity index (χ1) is 17.1. The van der Waals surface area contributed by atoms with Crippen molar-refractivity contribution in [1.29, 1.82) is 0 Å². The number of rotatable bonds is 11. The summed E-state index contributed by atoms with van der Waals surface area (Å²) in [5, 5.41) is 11.7. The fraction of sp³-hybridized carbons (Fsp3) is 0.115. The molecule has 3 aromatic carbocycles. The minimum Gasteiger partial charge on any atom is -0.483 e. The number of aromatic nitrogens is 3. The third-order valence-electron chi connectivity index (χ3n) is 4.76. The van der Waals surface area contributed by atoms with Gasteiger partial charge in [-0.1, -0.05) is 60.3 Å². The Hall–Kier alpha value is -4.11. The summed E-state index contributed by atoms with van der Waals surface area (Å²) in [6.45, 7) is 4.21. The normalized spacial score (nSPS) is 10.5. The average Bonchev–Trinajstić information content (AvgIpc) is 3.26. The van der Waals surface area contributed by atoms with Crippen LogP contribution >= 0.6 is 11.8 Å². The van der Waals surface area contributed by atoms with Crippen molar-refractivity contribution in [2.45, 2.75) is 18.3 Å². The lowest BCUT2D eigenvalue weighted by Crippen LogP contribution is -2.15. The van der Waals surface area contributed by atoms with Crippen molar-refractivity contribution in [2.24, 2.45) is 0 Å². The molecular weight excluding hydrogens is 467 g/mol. The van der Waals surface area contributed by atoms with Gasteiger partial charge in [0.05, 0.1) is 11.4 Å². The molecule has 4 rings (SSSR count). The number of benzene rings is 3. The Morgan fingerprint density at radius 2 is 1.71 bits per heavy atom. The van der Waals surface area contributed by atoms with Crippen LogP contribution in [-0.4, -0.2) is 26.4 Å². The van der Waals surface area contributed by atoms with Gasteiger partial charge in [-0.2, -0.15) is 0 Å². The fourth-order valence-electron chi connectivity index (χ4n) is 3.14. The molecule has 4 aromatic rings. The summed E-state index contributed by atoms with van der Waals surface area (Å²) < 4.78 is 27.1. The number of carbonyl (C=O) groups is 1. The fourth-order valence-corrected chi connectivity index (χ4v) is 3.91. The zero-order chi connectivity index (χ0) is 24.5. The highest BCUT2D eigenvalue weighted by Gasteiger charge is 2.16. The number of halogens is 1. The molecule has 178 valence electrons. The number of hydrogen-bond acceptors (Lipinski definition) is 6. The maximum Gasteiger partial charge on any atom is 0.234 e. The average molecular weight is 491 g/mol. The van der Waals surface area contributed by atoms with Gasteiger partial charge in [0.1, 0.15) is 12.4 Å². The van der Waals surface area contributed by atoms with E-state index in [2.05, 4.69) is 22.1 Å². The predicted octanol–water partition coefficient (Wildman–Crippen LogP) is 5.71. The summed E-state index contributed by atoms with van der Waals surface area (Å²) in [6.07, 6.45) is 1.69. The quantitative estimate of drug-likeness (QED) is 0.214. The van der Waals surface area contributed by atoms with E-state index in [0.29, 0.717) is 34.7 Å². The number of hydrogen-bond donors (Lipinski definition) is 1. The lowest BCUT2D eigenvalue weighted by Gasteiger charge is -2.12. The molecule has 0 saturated carbocycles. The molecule has 0 unspecified atom stereocenters. The van der Waals surface area contributed by atoms with Crippen LogP contribution in [0, 0.1) is 5.82 Å². The molecule has 9 heteroatoms. The zero-order valence-electron chi connectivity index (χ0n) is 18.8. The minimum absolute atomic E-state index is 0.0265. The number of amides is 1. The number of thioether (sulfide) groups is 1. The second-order valence-corrected chi connectivity index (χ2v) is 8.21. The maximum absolute atomic E-state index is 13.8.